The van der Waals surface area contributed by atoms with Gasteiger partial charge in [0.2, 0.25) is 5.95 Å². The number of hydrazine groups is 1. The molecule has 0 spiro atoms. The van der Waals surface area contributed by atoms with Gasteiger partial charge in [-0.2, -0.15) is 4.98 Å². The smallest absolute Gasteiger partial charge is 0.229 e. The molecule has 0 radical (unpaired) electrons. The van der Waals surface area contributed by atoms with Gasteiger partial charge in [-0.25, -0.2) is 23.2 Å². The number of nitrogens with zero attached hydrogens (tertiary/aromatic N) is 3. The van der Waals surface area contributed by atoms with E-state index in [0.29, 0.717) is 11.3 Å². The van der Waals surface area contributed by atoms with Crippen molar-refractivity contribution in [3.8, 4) is 0 Å². The third-order valence-corrected chi connectivity index (χ3v) is 6.10. The van der Waals surface area contributed by atoms with Crippen LogP contribution in [0.1, 0.15) is 30.5 Å². The molecule has 0 saturated carbocycles. The molecular weight excluding hydrogens is 431 g/mol. The molecule has 10 heteroatoms. The van der Waals surface area contributed by atoms with Crippen molar-refractivity contribution in [2.75, 3.05) is 28.9 Å². The molecule has 3 aromatic rings. The Labute approximate surface area is 186 Å². The Kier molecular flexibility index (Phi) is 5.98. The fourth-order valence-corrected chi connectivity index (χ4v) is 4.46. The number of anilines is 5. The molecule has 2 heterocycles. The van der Waals surface area contributed by atoms with Gasteiger partial charge in [-0.3, -0.25) is 0 Å². The van der Waals surface area contributed by atoms with E-state index in [1.54, 1.807) is 36.2 Å². The first-order valence-electron chi connectivity index (χ1n) is 10.2. The number of aromatic nitrogens is 2. The minimum absolute atomic E-state index is 0.0686. The van der Waals surface area contributed by atoms with Crippen LogP contribution in [0.25, 0.3) is 0 Å². The zero-order valence-electron chi connectivity index (χ0n) is 18.1. The molecule has 0 aliphatic carbocycles. The Morgan fingerprint density at radius 2 is 2.03 bits per heavy atom. The SMILES string of the molecule is CCC1NNc2cc(N(C)c3nc(Nc4cccc(CS(C)(=O)=O)c4)ncc3F)ccc21. The molecule has 1 aliphatic rings. The standard InChI is InChI=1S/C22H25FN6O2S/c1-4-19-17-9-8-16(11-20(17)28-27-19)29(2)21-18(23)12-24-22(26-21)25-15-7-5-6-14(10-15)13-32(3,30)31/h5-12,19,27-28H,4,13H2,1-3H3,(H,24,25,26). The average molecular weight is 457 g/mol. The van der Waals surface area contributed by atoms with Crippen molar-refractivity contribution in [2.45, 2.75) is 25.1 Å². The summed E-state index contributed by atoms with van der Waals surface area (Å²) in [6.07, 6.45) is 3.25. The molecular formula is C22H25FN6O2S. The van der Waals surface area contributed by atoms with E-state index >= 15 is 0 Å². The Morgan fingerprint density at radius 1 is 1.22 bits per heavy atom. The van der Waals surface area contributed by atoms with Gasteiger partial charge in [0, 0.05) is 24.7 Å². The van der Waals surface area contributed by atoms with Gasteiger partial charge < -0.3 is 15.6 Å². The maximum Gasteiger partial charge on any atom is 0.229 e. The first-order chi connectivity index (χ1) is 15.2. The summed E-state index contributed by atoms with van der Waals surface area (Å²) in [4.78, 5) is 10.0. The zero-order valence-corrected chi connectivity index (χ0v) is 18.9. The van der Waals surface area contributed by atoms with E-state index < -0.39 is 15.7 Å². The Morgan fingerprint density at radius 3 is 2.78 bits per heavy atom. The minimum Gasteiger partial charge on any atom is -0.327 e. The maximum absolute atomic E-state index is 14.6. The zero-order chi connectivity index (χ0) is 22.9. The molecule has 2 aromatic carbocycles. The number of rotatable bonds is 7. The van der Waals surface area contributed by atoms with Gasteiger partial charge in [0.15, 0.2) is 21.5 Å². The summed E-state index contributed by atoms with van der Waals surface area (Å²) in [6.45, 7) is 2.11. The number of hydrogen-bond acceptors (Lipinski definition) is 8. The molecule has 0 fully saturated rings. The van der Waals surface area contributed by atoms with Crippen LogP contribution in [-0.2, 0) is 15.6 Å². The average Bonchev–Trinajstić information content (AvgIpc) is 3.16. The lowest BCUT2D eigenvalue weighted by atomic mass is 10.0. The van der Waals surface area contributed by atoms with Crippen molar-refractivity contribution in [3.63, 3.8) is 0 Å². The summed E-state index contributed by atoms with van der Waals surface area (Å²) < 4.78 is 37.7. The second kappa shape index (κ2) is 8.71. The molecule has 0 saturated heterocycles. The minimum atomic E-state index is -3.16. The molecule has 1 unspecified atom stereocenters. The summed E-state index contributed by atoms with van der Waals surface area (Å²) in [5, 5.41) is 3.03. The van der Waals surface area contributed by atoms with Crippen molar-refractivity contribution in [3.05, 3.63) is 65.6 Å². The normalized spacial score (nSPS) is 15.2. The highest BCUT2D eigenvalue weighted by Crippen LogP contribution is 2.35. The second-order valence-corrected chi connectivity index (χ2v) is 9.96. The van der Waals surface area contributed by atoms with Gasteiger partial charge in [0.05, 0.1) is 23.7 Å². The van der Waals surface area contributed by atoms with Crippen molar-refractivity contribution >= 4 is 38.7 Å². The second-order valence-electron chi connectivity index (χ2n) is 7.82. The Hall–Kier alpha value is -3.24. The Balaban J connectivity index is 1.58. The van der Waals surface area contributed by atoms with Gasteiger partial charge in [0.25, 0.3) is 0 Å². The van der Waals surface area contributed by atoms with Crippen LogP contribution in [0.2, 0.25) is 0 Å². The number of benzene rings is 2. The number of halogens is 1. The monoisotopic (exact) mass is 456 g/mol. The van der Waals surface area contributed by atoms with Crippen LogP contribution in [0, 0.1) is 5.82 Å². The molecule has 0 amide bonds. The fourth-order valence-electron chi connectivity index (χ4n) is 3.68. The Bertz CT molecular complexity index is 1250. The highest BCUT2D eigenvalue weighted by Gasteiger charge is 2.22. The summed E-state index contributed by atoms with van der Waals surface area (Å²) in [7, 11) is -1.42. The van der Waals surface area contributed by atoms with Crippen molar-refractivity contribution in [1.82, 2.24) is 15.4 Å². The van der Waals surface area contributed by atoms with E-state index in [1.165, 1.54) is 11.8 Å². The molecule has 32 heavy (non-hydrogen) atoms. The van der Waals surface area contributed by atoms with Crippen LogP contribution >= 0.6 is 0 Å². The quantitative estimate of drug-likeness (QED) is 0.490. The molecule has 4 rings (SSSR count). The van der Waals surface area contributed by atoms with Crippen LogP contribution in [0.3, 0.4) is 0 Å². The van der Waals surface area contributed by atoms with E-state index in [9.17, 15) is 12.8 Å². The number of fused-ring (bicyclic) bond motifs is 1. The number of hydrogen-bond donors (Lipinski definition) is 3. The van der Waals surface area contributed by atoms with Gasteiger partial charge in [-0.15, -0.1) is 0 Å². The van der Waals surface area contributed by atoms with E-state index in [2.05, 4.69) is 33.1 Å². The first kappa shape index (κ1) is 22.0. The first-order valence-corrected chi connectivity index (χ1v) is 12.2. The van der Waals surface area contributed by atoms with Crippen LogP contribution in [0.5, 0.6) is 0 Å². The molecule has 1 aromatic heterocycles. The lowest BCUT2D eigenvalue weighted by molar-refractivity contribution is 0.601. The lowest BCUT2D eigenvalue weighted by Gasteiger charge is -2.20. The molecule has 168 valence electrons. The van der Waals surface area contributed by atoms with Crippen molar-refractivity contribution in [2.24, 2.45) is 0 Å². The molecule has 1 aliphatic heterocycles. The molecule has 1 atom stereocenters. The van der Waals surface area contributed by atoms with Gasteiger partial charge >= 0.3 is 0 Å². The van der Waals surface area contributed by atoms with Crippen molar-refractivity contribution < 1.29 is 12.8 Å². The van der Waals surface area contributed by atoms with E-state index in [4.69, 9.17) is 0 Å². The summed E-state index contributed by atoms with van der Waals surface area (Å²) in [5.74, 6) is -0.299. The fraction of sp³-hybridized carbons (Fsp3) is 0.273. The van der Waals surface area contributed by atoms with E-state index in [1.807, 2.05) is 18.2 Å². The van der Waals surface area contributed by atoms with Gasteiger partial charge in [-0.05, 0) is 41.8 Å². The highest BCUT2D eigenvalue weighted by molar-refractivity contribution is 7.89. The highest BCUT2D eigenvalue weighted by atomic mass is 32.2. The van der Waals surface area contributed by atoms with Crippen molar-refractivity contribution in [1.29, 1.82) is 0 Å². The maximum atomic E-state index is 14.6. The summed E-state index contributed by atoms with van der Waals surface area (Å²) in [5.41, 5.74) is 10.6. The molecule has 0 bridgehead atoms. The predicted molar refractivity (Wildman–Crippen MR) is 125 cm³/mol. The van der Waals surface area contributed by atoms with E-state index in [0.717, 1.165) is 24.0 Å². The van der Waals surface area contributed by atoms with E-state index in [-0.39, 0.29) is 23.6 Å². The van der Waals surface area contributed by atoms with Crippen LogP contribution < -0.4 is 21.1 Å². The lowest BCUT2D eigenvalue weighted by Crippen LogP contribution is -2.17. The summed E-state index contributed by atoms with van der Waals surface area (Å²) in [6, 6.07) is 13.1. The molecule has 3 N–H and O–H groups in total. The molecule has 8 nitrogen and oxygen atoms in total. The van der Waals surface area contributed by atoms with Gasteiger partial charge in [-0.1, -0.05) is 25.1 Å². The van der Waals surface area contributed by atoms with Crippen LogP contribution in [-0.4, -0.2) is 31.7 Å². The predicted octanol–water partition coefficient (Wildman–Crippen LogP) is 4.05. The van der Waals surface area contributed by atoms with Crippen LogP contribution in [0.4, 0.5) is 33.2 Å². The third-order valence-electron chi connectivity index (χ3n) is 5.24. The van der Waals surface area contributed by atoms with Gasteiger partial charge in [0.1, 0.15) is 0 Å². The third kappa shape index (κ3) is 4.81. The van der Waals surface area contributed by atoms with Crippen LogP contribution in [0.15, 0.2) is 48.7 Å². The topological polar surface area (TPSA) is 99.2 Å². The largest absolute Gasteiger partial charge is 0.327 e. The summed E-state index contributed by atoms with van der Waals surface area (Å²) >= 11 is 0. The number of sulfone groups is 1. The number of nitrogens with one attached hydrogen (secondary N) is 3.